The van der Waals surface area contributed by atoms with E-state index < -0.39 is 0 Å². The van der Waals surface area contributed by atoms with Gasteiger partial charge in [0.1, 0.15) is 11.6 Å². The van der Waals surface area contributed by atoms with Crippen molar-refractivity contribution in [2.75, 3.05) is 7.11 Å². The predicted molar refractivity (Wildman–Crippen MR) is 121 cm³/mol. The van der Waals surface area contributed by atoms with Gasteiger partial charge in [-0.1, -0.05) is 42.5 Å². The highest BCUT2D eigenvalue weighted by molar-refractivity contribution is 5.69. The first-order valence-electron chi connectivity index (χ1n) is 10.6. The number of aromatic nitrogens is 5. The molecule has 5 rings (SSSR count). The Labute approximate surface area is 181 Å². The van der Waals surface area contributed by atoms with E-state index in [1.807, 2.05) is 35.9 Å². The second kappa shape index (κ2) is 8.22. The van der Waals surface area contributed by atoms with Crippen molar-refractivity contribution in [2.24, 2.45) is 0 Å². The SMILES string of the molecule is COc1cc(C=Cc2nnc3n2[C@@H](c2ccccc2)CCC3)ccc1-n1cnc(C)c1. The lowest BCUT2D eigenvalue weighted by atomic mass is 9.97. The van der Waals surface area contributed by atoms with Gasteiger partial charge in [-0.25, -0.2) is 4.98 Å². The molecule has 0 aliphatic carbocycles. The monoisotopic (exact) mass is 411 g/mol. The summed E-state index contributed by atoms with van der Waals surface area (Å²) in [6.07, 6.45) is 11.1. The highest BCUT2D eigenvalue weighted by Gasteiger charge is 2.24. The first-order valence-corrected chi connectivity index (χ1v) is 10.6. The summed E-state index contributed by atoms with van der Waals surface area (Å²) >= 11 is 0. The van der Waals surface area contributed by atoms with Crippen LogP contribution in [0.2, 0.25) is 0 Å². The molecule has 2 aromatic carbocycles. The Morgan fingerprint density at radius 3 is 2.71 bits per heavy atom. The number of rotatable bonds is 5. The fourth-order valence-electron chi connectivity index (χ4n) is 4.27. The molecule has 0 amide bonds. The Bertz CT molecular complexity index is 1220. The van der Waals surface area contributed by atoms with E-state index >= 15 is 0 Å². The largest absolute Gasteiger partial charge is 0.495 e. The molecule has 1 aliphatic heterocycles. The molecule has 0 saturated heterocycles. The van der Waals surface area contributed by atoms with E-state index in [-0.39, 0.29) is 6.04 Å². The molecule has 0 spiro atoms. The predicted octanol–water partition coefficient (Wildman–Crippen LogP) is 4.88. The number of methoxy groups -OCH3 is 1. The lowest BCUT2D eigenvalue weighted by Gasteiger charge is -2.26. The number of benzene rings is 2. The van der Waals surface area contributed by atoms with Crippen molar-refractivity contribution < 1.29 is 4.74 Å². The molecule has 1 atom stereocenters. The van der Waals surface area contributed by atoms with Gasteiger partial charge in [-0.3, -0.25) is 0 Å². The quantitative estimate of drug-likeness (QED) is 0.470. The summed E-state index contributed by atoms with van der Waals surface area (Å²) in [6, 6.07) is 17.1. The van der Waals surface area contributed by atoms with Crippen LogP contribution >= 0.6 is 0 Å². The number of imidazole rings is 1. The zero-order valence-electron chi connectivity index (χ0n) is 17.8. The lowest BCUT2D eigenvalue weighted by Crippen LogP contribution is -2.20. The van der Waals surface area contributed by atoms with E-state index in [2.05, 4.69) is 62.2 Å². The standard InChI is InChI=1S/C25H25N5O/c1-18-16-29(17-26-18)22-13-11-19(15-23(22)31-2)12-14-25-28-27-24-10-6-9-21(30(24)25)20-7-4-3-5-8-20/h3-5,7-8,11-17,21H,6,9-10H2,1-2H3/t21-/m1/s1. The van der Waals surface area contributed by atoms with Crippen molar-refractivity contribution in [1.82, 2.24) is 24.3 Å². The van der Waals surface area contributed by atoms with Crippen LogP contribution in [0.3, 0.4) is 0 Å². The Kier molecular flexibility index (Phi) is 5.12. The molecule has 0 bridgehead atoms. The summed E-state index contributed by atoms with van der Waals surface area (Å²) in [5, 5.41) is 8.94. The van der Waals surface area contributed by atoms with Crippen molar-refractivity contribution in [3.8, 4) is 11.4 Å². The first kappa shape index (κ1) is 19.3. The fraction of sp³-hybridized carbons (Fsp3) is 0.240. The maximum absolute atomic E-state index is 5.64. The number of nitrogens with zero attached hydrogens (tertiary/aromatic N) is 5. The molecule has 0 radical (unpaired) electrons. The number of fused-ring (bicyclic) bond motifs is 1. The third-order valence-electron chi connectivity index (χ3n) is 5.79. The van der Waals surface area contributed by atoms with Crippen LogP contribution in [0.1, 0.15) is 47.4 Å². The Hall–Kier alpha value is -3.67. The summed E-state index contributed by atoms with van der Waals surface area (Å²) in [4.78, 5) is 4.31. The van der Waals surface area contributed by atoms with Gasteiger partial charge < -0.3 is 13.9 Å². The lowest BCUT2D eigenvalue weighted by molar-refractivity contribution is 0.413. The van der Waals surface area contributed by atoms with Crippen molar-refractivity contribution in [2.45, 2.75) is 32.2 Å². The van der Waals surface area contributed by atoms with Gasteiger partial charge in [0, 0.05) is 12.6 Å². The first-order chi connectivity index (χ1) is 15.2. The van der Waals surface area contributed by atoms with Gasteiger partial charge in [-0.15, -0.1) is 10.2 Å². The van der Waals surface area contributed by atoms with E-state index in [9.17, 15) is 0 Å². The fourth-order valence-corrected chi connectivity index (χ4v) is 4.27. The molecule has 0 N–H and O–H groups in total. The van der Waals surface area contributed by atoms with Gasteiger partial charge in [-0.05, 0) is 49.1 Å². The van der Waals surface area contributed by atoms with Crippen LogP contribution in [0.15, 0.2) is 61.1 Å². The Balaban J connectivity index is 1.46. The summed E-state index contributed by atoms with van der Waals surface area (Å²) in [7, 11) is 1.69. The number of aryl methyl sites for hydroxylation is 2. The van der Waals surface area contributed by atoms with Crippen molar-refractivity contribution in [1.29, 1.82) is 0 Å². The van der Waals surface area contributed by atoms with Crippen molar-refractivity contribution in [3.63, 3.8) is 0 Å². The average molecular weight is 412 g/mol. The maximum atomic E-state index is 5.64. The van der Waals surface area contributed by atoms with Crippen LogP contribution in [0.25, 0.3) is 17.8 Å². The molecule has 3 heterocycles. The van der Waals surface area contributed by atoms with E-state index in [4.69, 9.17) is 4.74 Å². The molecule has 2 aromatic heterocycles. The van der Waals surface area contributed by atoms with Gasteiger partial charge in [0.15, 0.2) is 5.82 Å². The Morgan fingerprint density at radius 2 is 1.94 bits per heavy atom. The highest BCUT2D eigenvalue weighted by atomic mass is 16.5. The molecule has 4 aromatic rings. The summed E-state index contributed by atoms with van der Waals surface area (Å²) in [6.45, 7) is 1.97. The topological polar surface area (TPSA) is 57.8 Å². The number of hydrogen-bond acceptors (Lipinski definition) is 4. The van der Waals surface area contributed by atoms with Crippen LogP contribution in [-0.4, -0.2) is 31.4 Å². The molecule has 156 valence electrons. The van der Waals surface area contributed by atoms with Gasteiger partial charge in [0.2, 0.25) is 0 Å². The number of hydrogen-bond donors (Lipinski definition) is 0. The normalized spacial score (nSPS) is 15.9. The smallest absolute Gasteiger partial charge is 0.157 e. The summed E-state index contributed by atoms with van der Waals surface area (Å²) < 4.78 is 9.90. The van der Waals surface area contributed by atoms with Crippen molar-refractivity contribution in [3.05, 3.63) is 89.5 Å². The third-order valence-corrected chi connectivity index (χ3v) is 5.79. The molecular formula is C25H25N5O. The maximum Gasteiger partial charge on any atom is 0.157 e. The van der Waals surface area contributed by atoms with E-state index in [1.165, 1.54) is 5.56 Å². The van der Waals surface area contributed by atoms with Crippen LogP contribution in [0.4, 0.5) is 0 Å². The second-order valence-corrected chi connectivity index (χ2v) is 7.85. The van der Waals surface area contributed by atoms with Gasteiger partial charge in [0.05, 0.1) is 30.9 Å². The molecule has 6 heteroatoms. The molecule has 31 heavy (non-hydrogen) atoms. The van der Waals surface area contributed by atoms with Crippen LogP contribution in [0.5, 0.6) is 5.75 Å². The molecule has 1 aliphatic rings. The van der Waals surface area contributed by atoms with E-state index in [1.54, 1.807) is 13.4 Å². The van der Waals surface area contributed by atoms with Crippen LogP contribution in [-0.2, 0) is 6.42 Å². The van der Waals surface area contributed by atoms with Gasteiger partial charge >= 0.3 is 0 Å². The van der Waals surface area contributed by atoms with E-state index in [0.717, 1.165) is 53.6 Å². The zero-order chi connectivity index (χ0) is 21.2. The van der Waals surface area contributed by atoms with E-state index in [0.29, 0.717) is 0 Å². The van der Waals surface area contributed by atoms with Crippen LogP contribution in [0, 0.1) is 6.92 Å². The highest BCUT2D eigenvalue weighted by Crippen LogP contribution is 2.32. The molecular weight excluding hydrogens is 386 g/mol. The molecule has 0 unspecified atom stereocenters. The molecule has 0 saturated carbocycles. The van der Waals surface area contributed by atoms with Crippen molar-refractivity contribution >= 4 is 12.2 Å². The Morgan fingerprint density at radius 1 is 1.06 bits per heavy atom. The minimum Gasteiger partial charge on any atom is -0.495 e. The average Bonchev–Trinajstić information content (AvgIpc) is 3.44. The summed E-state index contributed by atoms with van der Waals surface area (Å²) in [5.74, 6) is 2.74. The minimum atomic E-state index is 0.279. The summed E-state index contributed by atoms with van der Waals surface area (Å²) in [5.41, 5.74) is 4.28. The third kappa shape index (κ3) is 3.77. The van der Waals surface area contributed by atoms with Crippen LogP contribution < -0.4 is 4.74 Å². The molecule has 6 nitrogen and oxygen atoms in total. The van der Waals surface area contributed by atoms with Gasteiger partial charge in [-0.2, -0.15) is 0 Å². The molecule has 0 fully saturated rings. The zero-order valence-corrected chi connectivity index (χ0v) is 17.8. The second-order valence-electron chi connectivity index (χ2n) is 7.85. The van der Waals surface area contributed by atoms with Gasteiger partial charge in [0.25, 0.3) is 0 Å². The minimum absolute atomic E-state index is 0.279. The number of ether oxygens (including phenoxy) is 1.